The number of pyridine rings is 1. The number of rotatable bonds is 3. The van der Waals surface area contributed by atoms with Gasteiger partial charge in [-0.2, -0.15) is 0 Å². The average Bonchev–Trinajstić information content (AvgIpc) is 3.43. The van der Waals surface area contributed by atoms with Crippen LogP contribution in [0.15, 0.2) is 54.7 Å². The molecule has 1 aliphatic heterocycles. The van der Waals surface area contributed by atoms with Gasteiger partial charge in [-0.05, 0) is 80.3 Å². The number of anilines is 1. The van der Waals surface area contributed by atoms with Crippen molar-refractivity contribution < 1.29 is 0 Å². The summed E-state index contributed by atoms with van der Waals surface area (Å²) in [4.78, 5) is 23.4. The minimum Gasteiger partial charge on any atom is -0.371 e. The Morgan fingerprint density at radius 2 is 1.52 bits per heavy atom. The van der Waals surface area contributed by atoms with Crippen molar-refractivity contribution >= 4 is 27.8 Å². The third-order valence-electron chi connectivity index (χ3n) is 6.10. The van der Waals surface area contributed by atoms with Gasteiger partial charge in [-0.15, -0.1) is 0 Å². The van der Waals surface area contributed by atoms with Crippen molar-refractivity contribution in [3.05, 3.63) is 60.3 Å². The number of H-pyrrole nitrogens is 2. The first kappa shape index (κ1) is 18.1. The van der Waals surface area contributed by atoms with Crippen LogP contribution in [0.1, 0.15) is 24.8 Å². The average molecular weight is 409 g/mol. The lowest BCUT2D eigenvalue weighted by Crippen LogP contribution is -2.29. The van der Waals surface area contributed by atoms with Gasteiger partial charge < -0.3 is 14.9 Å². The zero-order chi connectivity index (χ0) is 20.8. The molecule has 1 aliphatic rings. The summed E-state index contributed by atoms with van der Waals surface area (Å²) in [7, 11) is 0. The number of fused-ring (bicyclic) bond motifs is 2. The Morgan fingerprint density at radius 3 is 2.35 bits per heavy atom. The standard InChI is InChI=1S/C25H24N6/c1-16-9-10-26-23(13-16)25-28-19-7-5-17(14-21(19)30-25)24-27-20-8-6-18(15-22(20)29-24)31-11-3-2-4-12-31/h5-10,13-15H,2-4,11-12H2,1H3,(H,27,29)(H,28,30). The Bertz CT molecular complexity index is 1390. The molecule has 5 aromatic rings. The Morgan fingerprint density at radius 1 is 0.774 bits per heavy atom. The number of hydrogen-bond acceptors (Lipinski definition) is 4. The predicted octanol–water partition coefficient (Wildman–Crippen LogP) is 5.47. The SMILES string of the molecule is Cc1ccnc(-c2nc3ccc(-c4nc5ccc(N6CCCCC6)cc5[nH]4)cc3[nH]2)c1. The number of aromatic amines is 2. The maximum absolute atomic E-state index is 4.83. The molecule has 0 bridgehead atoms. The molecule has 3 aromatic heterocycles. The molecule has 6 nitrogen and oxygen atoms in total. The fraction of sp³-hybridized carbons (Fsp3) is 0.240. The van der Waals surface area contributed by atoms with Gasteiger partial charge in [0.15, 0.2) is 5.82 Å². The first-order valence-corrected chi connectivity index (χ1v) is 10.9. The zero-order valence-corrected chi connectivity index (χ0v) is 17.5. The summed E-state index contributed by atoms with van der Waals surface area (Å²) in [5.41, 5.74) is 8.30. The van der Waals surface area contributed by atoms with Crippen LogP contribution in [0, 0.1) is 6.92 Å². The molecule has 0 unspecified atom stereocenters. The molecule has 1 fully saturated rings. The predicted molar refractivity (Wildman–Crippen MR) is 125 cm³/mol. The molecule has 4 heterocycles. The molecule has 0 atom stereocenters. The van der Waals surface area contributed by atoms with Crippen LogP contribution < -0.4 is 4.90 Å². The maximum atomic E-state index is 4.83. The summed E-state index contributed by atoms with van der Waals surface area (Å²) in [5, 5.41) is 0. The summed E-state index contributed by atoms with van der Waals surface area (Å²) in [6.45, 7) is 4.34. The van der Waals surface area contributed by atoms with E-state index in [2.05, 4.69) is 57.1 Å². The van der Waals surface area contributed by atoms with Crippen molar-refractivity contribution in [2.75, 3.05) is 18.0 Å². The second kappa shape index (κ2) is 7.23. The largest absolute Gasteiger partial charge is 0.371 e. The lowest BCUT2D eigenvalue weighted by molar-refractivity contribution is 0.578. The molecule has 31 heavy (non-hydrogen) atoms. The highest BCUT2D eigenvalue weighted by Crippen LogP contribution is 2.28. The molecule has 0 saturated carbocycles. The molecule has 0 spiro atoms. The maximum Gasteiger partial charge on any atom is 0.157 e. The molecule has 6 rings (SSSR count). The zero-order valence-electron chi connectivity index (χ0n) is 17.5. The van der Waals surface area contributed by atoms with Crippen molar-refractivity contribution in [1.29, 1.82) is 0 Å². The van der Waals surface area contributed by atoms with Gasteiger partial charge in [0.25, 0.3) is 0 Å². The van der Waals surface area contributed by atoms with Crippen LogP contribution >= 0.6 is 0 Å². The van der Waals surface area contributed by atoms with Gasteiger partial charge in [0, 0.05) is 30.5 Å². The number of aryl methyl sites for hydroxylation is 1. The van der Waals surface area contributed by atoms with E-state index in [0.717, 1.165) is 63.6 Å². The number of aromatic nitrogens is 5. The molecular formula is C25H24N6. The van der Waals surface area contributed by atoms with E-state index in [9.17, 15) is 0 Å². The summed E-state index contributed by atoms with van der Waals surface area (Å²) in [5.74, 6) is 1.66. The number of nitrogens with zero attached hydrogens (tertiary/aromatic N) is 4. The van der Waals surface area contributed by atoms with Gasteiger partial charge >= 0.3 is 0 Å². The molecule has 154 valence electrons. The van der Waals surface area contributed by atoms with Gasteiger partial charge in [-0.1, -0.05) is 0 Å². The second-order valence-corrected chi connectivity index (χ2v) is 8.37. The number of piperidine rings is 1. The molecule has 6 heteroatoms. The molecule has 1 saturated heterocycles. The van der Waals surface area contributed by atoms with E-state index in [0.29, 0.717) is 0 Å². The van der Waals surface area contributed by atoms with Crippen LogP contribution in [0.4, 0.5) is 5.69 Å². The first-order chi connectivity index (χ1) is 15.2. The summed E-state index contributed by atoms with van der Waals surface area (Å²) in [6.07, 6.45) is 5.70. The van der Waals surface area contributed by atoms with Crippen LogP contribution in [0.25, 0.3) is 45.0 Å². The van der Waals surface area contributed by atoms with Crippen molar-refractivity contribution in [3.8, 4) is 22.9 Å². The van der Waals surface area contributed by atoms with Gasteiger partial charge in [0.2, 0.25) is 0 Å². The Kier molecular flexibility index (Phi) is 4.23. The van der Waals surface area contributed by atoms with E-state index in [1.54, 1.807) is 0 Å². The highest BCUT2D eigenvalue weighted by molar-refractivity contribution is 5.86. The van der Waals surface area contributed by atoms with Crippen LogP contribution in [-0.4, -0.2) is 38.0 Å². The molecule has 0 amide bonds. The van der Waals surface area contributed by atoms with Crippen LogP contribution in [0.3, 0.4) is 0 Å². The van der Waals surface area contributed by atoms with Crippen molar-refractivity contribution in [3.63, 3.8) is 0 Å². The van der Waals surface area contributed by atoms with E-state index in [1.807, 2.05) is 24.4 Å². The number of benzene rings is 2. The van der Waals surface area contributed by atoms with Crippen LogP contribution in [0.2, 0.25) is 0 Å². The van der Waals surface area contributed by atoms with Crippen molar-refractivity contribution in [1.82, 2.24) is 24.9 Å². The minimum atomic E-state index is 0.784. The third-order valence-corrected chi connectivity index (χ3v) is 6.10. The Balaban J connectivity index is 1.35. The Hall–Kier alpha value is -3.67. The van der Waals surface area contributed by atoms with Crippen LogP contribution in [-0.2, 0) is 0 Å². The van der Waals surface area contributed by atoms with Gasteiger partial charge in [-0.3, -0.25) is 4.98 Å². The molecule has 2 aromatic carbocycles. The third kappa shape index (κ3) is 3.34. The van der Waals surface area contributed by atoms with E-state index >= 15 is 0 Å². The number of nitrogens with one attached hydrogen (secondary N) is 2. The molecule has 0 aliphatic carbocycles. The van der Waals surface area contributed by atoms with Gasteiger partial charge in [-0.25, -0.2) is 9.97 Å². The topological polar surface area (TPSA) is 73.5 Å². The van der Waals surface area contributed by atoms with Gasteiger partial charge in [0.05, 0.1) is 22.1 Å². The smallest absolute Gasteiger partial charge is 0.157 e. The highest BCUT2D eigenvalue weighted by Gasteiger charge is 2.14. The lowest BCUT2D eigenvalue weighted by atomic mass is 10.1. The van der Waals surface area contributed by atoms with Crippen LogP contribution in [0.5, 0.6) is 0 Å². The van der Waals surface area contributed by atoms with E-state index in [4.69, 9.17) is 9.97 Å². The van der Waals surface area contributed by atoms with E-state index < -0.39 is 0 Å². The second-order valence-electron chi connectivity index (χ2n) is 8.37. The summed E-state index contributed by atoms with van der Waals surface area (Å²) in [6, 6.07) is 16.8. The minimum absolute atomic E-state index is 0.784. The normalized spacial score (nSPS) is 14.5. The van der Waals surface area contributed by atoms with Crippen molar-refractivity contribution in [2.24, 2.45) is 0 Å². The molecule has 2 N–H and O–H groups in total. The monoisotopic (exact) mass is 408 g/mol. The number of imidazole rings is 2. The Labute approximate surface area is 180 Å². The number of hydrogen-bond donors (Lipinski definition) is 2. The molecule has 0 radical (unpaired) electrons. The highest BCUT2D eigenvalue weighted by atomic mass is 15.1. The molecular weight excluding hydrogens is 384 g/mol. The van der Waals surface area contributed by atoms with E-state index in [1.165, 1.54) is 24.9 Å². The van der Waals surface area contributed by atoms with Gasteiger partial charge in [0.1, 0.15) is 11.5 Å². The fourth-order valence-electron chi connectivity index (χ4n) is 4.43. The van der Waals surface area contributed by atoms with E-state index in [-0.39, 0.29) is 0 Å². The summed E-state index contributed by atoms with van der Waals surface area (Å²) < 4.78 is 0. The van der Waals surface area contributed by atoms with Crippen molar-refractivity contribution in [2.45, 2.75) is 26.2 Å². The summed E-state index contributed by atoms with van der Waals surface area (Å²) >= 11 is 0. The lowest BCUT2D eigenvalue weighted by Gasteiger charge is -2.28. The quantitative estimate of drug-likeness (QED) is 0.415. The first-order valence-electron chi connectivity index (χ1n) is 10.9. The fourth-order valence-corrected chi connectivity index (χ4v) is 4.43.